The normalized spacial score (nSPS) is 11.1. The maximum atomic E-state index is 11.7. The van der Waals surface area contributed by atoms with E-state index in [1.165, 1.54) is 0 Å². The highest BCUT2D eigenvalue weighted by atomic mass is 16.2. The Morgan fingerprint density at radius 1 is 1.16 bits per heavy atom. The van der Waals surface area contributed by atoms with E-state index in [-0.39, 0.29) is 5.91 Å². The molecule has 5 nitrogen and oxygen atoms in total. The van der Waals surface area contributed by atoms with Crippen molar-refractivity contribution in [2.24, 2.45) is 5.73 Å². The average molecular weight is 256 g/mol. The van der Waals surface area contributed by atoms with Crippen LogP contribution in [0.1, 0.15) is 13.8 Å². The maximum Gasteiger partial charge on any atom is 0.243 e. The Bertz CT molecular complexity index is 558. The van der Waals surface area contributed by atoms with Gasteiger partial charge in [0.2, 0.25) is 5.91 Å². The predicted octanol–water partition coefficient (Wildman–Crippen LogP) is 1.82. The molecule has 0 bridgehead atoms. The fourth-order valence-corrected chi connectivity index (χ4v) is 1.42. The molecule has 5 heteroatoms. The van der Waals surface area contributed by atoms with E-state index in [9.17, 15) is 4.79 Å². The molecule has 98 valence electrons. The van der Waals surface area contributed by atoms with Gasteiger partial charge in [-0.05, 0) is 13.8 Å². The lowest BCUT2D eigenvalue weighted by Gasteiger charge is -2.17. The lowest BCUT2D eigenvalue weighted by atomic mass is 10.1. The molecule has 0 saturated carbocycles. The number of nitrogens with two attached hydrogens (primary N) is 1. The second-order valence-corrected chi connectivity index (χ2v) is 4.84. The lowest BCUT2D eigenvalue weighted by Crippen LogP contribution is -2.45. The van der Waals surface area contributed by atoms with Crippen molar-refractivity contribution >= 4 is 11.6 Å². The Morgan fingerprint density at radius 3 is 2.26 bits per heavy atom. The molecule has 3 N–H and O–H groups in total. The van der Waals surface area contributed by atoms with Gasteiger partial charge in [0.1, 0.15) is 0 Å². The van der Waals surface area contributed by atoms with Gasteiger partial charge in [0.25, 0.3) is 0 Å². The first-order valence-corrected chi connectivity index (χ1v) is 5.94. The number of hydrogen-bond donors (Lipinski definition) is 2. The largest absolute Gasteiger partial charge is 0.322 e. The highest BCUT2D eigenvalue weighted by Crippen LogP contribution is 2.15. The SMILES string of the molecule is CC(C)(N)C(=O)Nc1cnc(-c2ccccc2)nc1. The third kappa shape index (κ3) is 3.35. The monoisotopic (exact) mass is 256 g/mol. The summed E-state index contributed by atoms with van der Waals surface area (Å²) in [7, 11) is 0. The third-order valence-electron chi connectivity index (χ3n) is 2.53. The first-order valence-electron chi connectivity index (χ1n) is 5.94. The van der Waals surface area contributed by atoms with E-state index in [1.807, 2.05) is 30.3 Å². The van der Waals surface area contributed by atoms with Gasteiger partial charge in [0.15, 0.2) is 5.82 Å². The molecule has 1 heterocycles. The average Bonchev–Trinajstić information content (AvgIpc) is 2.39. The van der Waals surface area contributed by atoms with Crippen molar-refractivity contribution in [1.82, 2.24) is 9.97 Å². The molecule has 0 saturated heterocycles. The van der Waals surface area contributed by atoms with Crippen LogP contribution in [0.2, 0.25) is 0 Å². The molecule has 2 aromatic rings. The molecule has 1 aromatic carbocycles. The van der Waals surface area contributed by atoms with Crippen molar-refractivity contribution in [2.75, 3.05) is 5.32 Å². The molecule has 19 heavy (non-hydrogen) atoms. The zero-order valence-corrected chi connectivity index (χ0v) is 10.9. The van der Waals surface area contributed by atoms with Crippen LogP contribution in [0.3, 0.4) is 0 Å². The van der Waals surface area contributed by atoms with Crippen LogP contribution in [0.4, 0.5) is 5.69 Å². The highest BCUT2D eigenvalue weighted by molar-refractivity contribution is 5.97. The molecule has 0 aliphatic heterocycles. The summed E-state index contributed by atoms with van der Waals surface area (Å²) < 4.78 is 0. The Labute approximate surface area is 111 Å². The minimum atomic E-state index is -0.932. The van der Waals surface area contributed by atoms with E-state index in [4.69, 9.17) is 5.73 Å². The van der Waals surface area contributed by atoms with E-state index in [0.717, 1.165) is 5.56 Å². The number of nitrogens with zero attached hydrogens (tertiary/aromatic N) is 2. The summed E-state index contributed by atoms with van der Waals surface area (Å²) in [5, 5.41) is 2.67. The van der Waals surface area contributed by atoms with Gasteiger partial charge < -0.3 is 11.1 Å². The van der Waals surface area contributed by atoms with Crippen molar-refractivity contribution in [3.05, 3.63) is 42.7 Å². The van der Waals surface area contributed by atoms with E-state index < -0.39 is 5.54 Å². The molecule has 0 aliphatic rings. The number of rotatable bonds is 3. The summed E-state index contributed by atoms with van der Waals surface area (Å²) in [5.41, 5.74) is 6.22. The summed E-state index contributed by atoms with van der Waals surface area (Å²) in [6.07, 6.45) is 3.14. The fourth-order valence-electron chi connectivity index (χ4n) is 1.42. The molecule has 0 unspecified atom stereocenters. The number of anilines is 1. The van der Waals surface area contributed by atoms with Gasteiger partial charge in [-0.3, -0.25) is 4.79 Å². The van der Waals surface area contributed by atoms with Gasteiger partial charge in [0.05, 0.1) is 23.6 Å². The zero-order valence-electron chi connectivity index (χ0n) is 10.9. The Kier molecular flexibility index (Phi) is 3.57. The molecular formula is C14H16N4O. The molecule has 0 atom stereocenters. The van der Waals surface area contributed by atoms with Crippen LogP contribution in [0.5, 0.6) is 0 Å². The molecule has 2 rings (SSSR count). The Morgan fingerprint density at radius 2 is 1.74 bits per heavy atom. The van der Waals surface area contributed by atoms with Crippen molar-refractivity contribution < 1.29 is 4.79 Å². The second-order valence-electron chi connectivity index (χ2n) is 4.84. The summed E-state index contributed by atoms with van der Waals surface area (Å²) in [6.45, 7) is 3.28. The molecule has 0 aliphatic carbocycles. The molecule has 1 amide bonds. The van der Waals surface area contributed by atoms with Crippen LogP contribution in [0.25, 0.3) is 11.4 Å². The lowest BCUT2D eigenvalue weighted by molar-refractivity contribution is -0.120. The number of hydrogen-bond acceptors (Lipinski definition) is 4. The van der Waals surface area contributed by atoms with Crippen LogP contribution >= 0.6 is 0 Å². The first-order chi connectivity index (χ1) is 8.97. The topological polar surface area (TPSA) is 80.9 Å². The predicted molar refractivity (Wildman–Crippen MR) is 74.4 cm³/mol. The quantitative estimate of drug-likeness (QED) is 0.877. The summed E-state index contributed by atoms with van der Waals surface area (Å²) in [6, 6.07) is 9.63. The Balaban J connectivity index is 2.14. The van der Waals surface area contributed by atoms with Crippen molar-refractivity contribution in [3.63, 3.8) is 0 Å². The van der Waals surface area contributed by atoms with Gasteiger partial charge in [-0.1, -0.05) is 30.3 Å². The number of benzene rings is 1. The second kappa shape index (κ2) is 5.16. The van der Waals surface area contributed by atoms with E-state index in [1.54, 1.807) is 26.2 Å². The molecular weight excluding hydrogens is 240 g/mol. The highest BCUT2D eigenvalue weighted by Gasteiger charge is 2.21. The minimum Gasteiger partial charge on any atom is -0.322 e. The molecule has 0 spiro atoms. The van der Waals surface area contributed by atoms with Gasteiger partial charge in [-0.25, -0.2) is 9.97 Å². The van der Waals surface area contributed by atoms with Crippen molar-refractivity contribution in [3.8, 4) is 11.4 Å². The number of aromatic nitrogens is 2. The number of carbonyl (C=O) groups excluding carboxylic acids is 1. The minimum absolute atomic E-state index is 0.274. The number of nitrogens with one attached hydrogen (secondary N) is 1. The number of amides is 1. The first kappa shape index (κ1) is 13.2. The molecule has 1 aromatic heterocycles. The van der Waals surface area contributed by atoms with Gasteiger partial charge in [0, 0.05) is 5.56 Å². The summed E-state index contributed by atoms with van der Waals surface area (Å²) >= 11 is 0. The van der Waals surface area contributed by atoms with Crippen LogP contribution < -0.4 is 11.1 Å². The van der Waals surface area contributed by atoms with Crippen LogP contribution in [-0.2, 0) is 4.79 Å². The van der Waals surface area contributed by atoms with Gasteiger partial charge >= 0.3 is 0 Å². The van der Waals surface area contributed by atoms with E-state index in [0.29, 0.717) is 11.5 Å². The molecule has 0 radical (unpaired) electrons. The smallest absolute Gasteiger partial charge is 0.243 e. The molecule has 0 fully saturated rings. The van der Waals surface area contributed by atoms with Crippen molar-refractivity contribution in [2.45, 2.75) is 19.4 Å². The standard InChI is InChI=1S/C14H16N4O/c1-14(2,15)13(19)18-11-8-16-12(17-9-11)10-6-4-3-5-7-10/h3-9H,15H2,1-2H3,(H,18,19). The fraction of sp³-hybridized carbons (Fsp3) is 0.214. The van der Waals surface area contributed by atoms with Crippen LogP contribution in [0, 0.1) is 0 Å². The zero-order chi connectivity index (χ0) is 13.9. The van der Waals surface area contributed by atoms with E-state index in [2.05, 4.69) is 15.3 Å². The van der Waals surface area contributed by atoms with Gasteiger partial charge in [-0.2, -0.15) is 0 Å². The van der Waals surface area contributed by atoms with Crippen LogP contribution in [0.15, 0.2) is 42.7 Å². The summed E-state index contributed by atoms with van der Waals surface area (Å²) in [5.74, 6) is 0.342. The van der Waals surface area contributed by atoms with Crippen LogP contribution in [-0.4, -0.2) is 21.4 Å². The Hall–Kier alpha value is -2.27. The van der Waals surface area contributed by atoms with Crippen molar-refractivity contribution in [1.29, 1.82) is 0 Å². The van der Waals surface area contributed by atoms with Gasteiger partial charge in [-0.15, -0.1) is 0 Å². The third-order valence-corrected chi connectivity index (χ3v) is 2.53. The summed E-state index contributed by atoms with van der Waals surface area (Å²) in [4.78, 5) is 20.1. The number of carbonyl (C=O) groups is 1. The maximum absolute atomic E-state index is 11.7. The van der Waals surface area contributed by atoms with E-state index >= 15 is 0 Å².